The van der Waals surface area contributed by atoms with Crippen molar-refractivity contribution < 1.29 is 4.79 Å². The summed E-state index contributed by atoms with van der Waals surface area (Å²) in [6.07, 6.45) is 3.75. The van der Waals surface area contributed by atoms with Crippen LogP contribution in [0.2, 0.25) is 0 Å². The van der Waals surface area contributed by atoms with E-state index < -0.39 is 0 Å². The zero-order valence-corrected chi connectivity index (χ0v) is 6.20. The van der Waals surface area contributed by atoms with Crippen molar-refractivity contribution in [2.24, 2.45) is 0 Å². The lowest BCUT2D eigenvalue weighted by Gasteiger charge is -1.92. The van der Waals surface area contributed by atoms with Gasteiger partial charge in [0.1, 0.15) is 0 Å². The second kappa shape index (κ2) is 6.95. The summed E-state index contributed by atoms with van der Waals surface area (Å²) in [6.45, 7) is 0.745. The molecule has 3 heteroatoms. The maximum Gasteiger partial charge on any atom is 0.309 e. The van der Waals surface area contributed by atoms with E-state index in [1.165, 1.54) is 0 Å². The highest BCUT2D eigenvalue weighted by Gasteiger charge is 1.82. The van der Waals surface area contributed by atoms with Gasteiger partial charge < -0.3 is 5.32 Å². The first kappa shape index (κ1) is 7.95. The van der Waals surface area contributed by atoms with Crippen LogP contribution < -0.4 is 5.32 Å². The summed E-state index contributed by atoms with van der Waals surface area (Å²) in [4.78, 5) is 9.52. The van der Waals surface area contributed by atoms with Crippen LogP contribution in [0.25, 0.3) is 0 Å². The molecule has 0 spiro atoms. The van der Waals surface area contributed by atoms with Gasteiger partial charge in [0.05, 0.1) is 0 Å². The van der Waals surface area contributed by atoms with Crippen LogP contribution in [-0.2, 0) is 4.79 Å². The Kier molecular flexibility index (Phi) is 6.91. The average molecular weight is 179 g/mol. The van der Waals surface area contributed by atoms with Crippen molar-refractivity contribution in [2.45, 2.75) is 12.8 Å². The molecule has 0 aliphatic rings. The Labute approximate surface area is 57.8 Å². The molecule has 0 fully saturated rings. The molecule has 0 bridgehead atoms. The zero-order valence-electron chi connectivity index (χ0n) is 4.61. The third kappa shape index (κ3) is 5.95. The van der Waals surface area contributed by atoms with Gasteiger partial charge in [-0.05, 0) is 12.8 Å². The molecule has 0 aliphatic heterocycles. The Morgan fingerprint density at radius 2 is 2.25 bits per heavy atom. The molecule has 1 radical (unpaired) electrons. The molecular formula is C5H9BrNO. The van der Waals surface area contributed by atoms with Gasteiger partial charge in [-0.2, -0.15) is 0 Å². The highest BCUT2D eigenvalue weighted by molar-refractivity contribution is 9.09. The Bertz CT molecular complexity index is 58.4. The molecule has 0 aromatic carbocycles. The van der Waals surface area contributed by atoms with Crippen LogP contribution in [0.1, 0.15) is 12.8 Å². The van der Waals surface area contributed by atoms with Crippen LogP contribution in [0.3, 0.4) is 0 Å². The number of unbranched alkanes of at least 4 members (excludes halogenated alkanes) is 1. The number of halogens is 1. The van der Waals surface area contributed by atoms with Crippen molar-refractivity contribution in [3.63, 3.8) is 0 Å². The molecule has 0 aromatic heterocycles. The molecular weight excluding hydrogens is 170 g/mol. The number of hydrogen-bond donors (Lipinski definition) is 1. The van der Waals surface area contributed by atoms with E-state index in [9.17, 15) is 4.79 Å². The average Bonchev–Trinajstić information content (AvgIpc) is 1.81. The van der Waals surface area contributed by atoms with Gasteiger partial charge in [-0.1, -0.05) is 15.9 Å². The largest absolute Gasteiger partial charge is 0.348 e. The molecule has 1 amide bonds. The lowest BCUT2D eigenvalue weighted by molar-refractivity contribution is 0.540. The topological polar surface area (TPSA) is 29.1 Å². The molecule has 0 aromatic rings. The minimum atomic E-state index is 0.745. The van der Waals surface area contributed by atoms with Crippen molar-refractivity contribution in [3.05, 3.63) is 0 Å². The summed E-state index contributed by atoms with van der Waals surface area (Å²) >= 11 is 3.28. The third-order valence-corrected chi connectivity index (χ3v) is 1.32. The van der Waals surface area contributed by atoms with Crippen molar-refractivity contribution >= 4 is 22.3 Å². The highest BCUT2D eigenvalue weighted by Crippen LogP contribution is 1.90. The number of amides is 1. The van der Waals surface area contributed by atoms with E-state index >= 15 is 0 Å². The van der Waals surface area contributed by atoms with E-state index in [-0.39, 0.29) is 0 Å². The molecule has 0 saturated heterocycles. The molecule has 8 heavy (non-hydrogen) atoms. The van der Waals surface area contributed by atoms with E-state index in [1.54, 1.807) is 6.41 Å². The lowest BCUT2D eigenvalue weighted by Crippen LogP contribution is -2.11. The first-order valence-electron chi connectivity index (χ1n) is 2.57. The van der Waals surface area contributed by atoms with Gasteiger partial charge in [0.15, 0.2) is 0 Å². The number of rotatable bonds is 5. The molecule has 0 unspecified atom stereocenters. The predicted octanol–water partition coefficient (Wildman–Crippen LogP) is 0.818. The standard InChI is InChI=1S/C5H9BrNO/c6-3-1-2-4-7-5-8/h1-4H2,(H,7,8). The van der Waals surface area contributed by atoms with Crippen LogP contribution in [0.5, 0.6) is 0 Å². The monoisotopic (exact) mass is 178 g/mol. The molecule has 0 heterocycles. The van der Waals surface area contributed by atoms with Crippen molar-refractivity contribution in [1.82, 2.24) is 5.32 Å². The molecule has 2 nitrogen and oxygen atoms in total. The Hall–Kier alpha value is -0.0500. The number of hydrogen-bond acceptors (Lipinski definition) is 1. The molecule has 0 saturated carbocycles. The summed E-state index contributed by atoms with van der Waals surface area (Å²) in [5.74, 6) is 0. The third-order valence-electron chi connectivity index (χ3n) is 0.758. The predicted molar refractivity (Wildman–Crippen MR) is 36.7 cm³/mol. The second-order valence-electron chi connectivity index (χ2n) is 1.42. The molecule has 0 atom stereocenters. The maximum atomic E-state index is 9.52. The van der Waals surface area contributed by atoms with Gasteiger partial charge in [-0.25, -0.2) is 0 Å². The van der Waals surface area contributed by atoms with Crippen molar-refractivity contribution in [2.75, 3.05) is 11.9 Å². The SMILES string of the molecule is O=[C]NCCCCBr. The molecule has 0 rings (SSSR count). The van der Waals surface area contributed by atoms with Crippen molar-refractivity contribution in [3.8, 4) is 0 Å². The number of carbonyl (C=O) groups excluding carboxylic acids is 1. The fraction of sp³-hybridized carbons (Fsp3) is 0.800. The minimum Gasteiger partial charge on any atom is -0.348 e. The molecule has 1 N–H and O–H groups in total. The van der Waals surface area contributed by atoms with E-state index in [1.807, 2.05) is 0 Å². The summed E-state index contributed by atoms with van der Waals surface area (Å²) in [5, 5.41) is 3.46. The first-order chi connectivity index (χ1) is 3.91. The lowest BCUT2D eigenvalue weighted by atomic mass is 10.3. The van der Waals surface area contributed by atoms with Crippen LogP contribution in [0.15, 0.2) is 0 Å². The summed E-state index contributed by atoms with van der Waals surface area (Å²) in [6, 6.07) is 0. The van der Waals surface area contributed by atoms with E-state index in [2.05, 4.69) is 21.2 Å². The van der Waals surface area contributed by atoms with E-state index in [0.29, 0.717) is 0 Å². The molecule has 47 valence electrons. The van der Waals surface area contributed by atoms with Crippen LogP contribution in [0.4, 0.5) is 0 Å². The van der Waals surface area contributed by atoms with Crippen molar-refractivity contribution in [1.29, 1.82) is 0 Å². The van der Waals surface area contributed by atoms with Gasteiger partial charge in [0.2, 0.25) is 0 Å². The summed E-state index contributed by atoms with van der Waals surface area (Å²) < 4.78 is 0. The Morgan fingerprint density at radius 3 is 2.75 bits per heavy atom. The van der Waals surface area contributed by atoms with E-state index in [0.717, 1.165) is 24.7 Å². The van der Waals surface area contributed by atoms with Gasteiger partial charge in [0, 0.05) is 11.9 Å². The summed E-state index contributed by atoms with van der Waals surface area (Å²) in [5.41, 5.74) is 0. The highest BCUT2D eigenvalue weighted by atomic mass is 79.9. The van der Waals surface area contributed by atoms with Crippen LogP contribution >= 0.6 is 15.9 Å². The minimum absolute atomic E-state index is 0.745. The molecule has 0 aliphatic carbocycles. The second-order valence-corrected chi connectivity index (χ2v) is 2.22. The smallest absolute Gasteiger partial charge is 0.309 e. The number of nitrogens with one attached hydrogen (secondary N) is 1. The van der Waals surface area contributed by atoms with Gasteiger partial charge in [-0.15, -0.1) is 0 Å². The normalized spacial score (nSPS) is 8.62. The summed E-state index contributed by atoms with van der Waals surface area (Å²) in [7, 11) is 0. The van der Waals surface area contributed by atoms with Gasteiger partial charge >= 0.3 is 6.41 Å². The van der Waals surface area contributed by atoms with Crippen LogP contribution in [-0.4, -0.2) is 18.3 Å². The Balaban J connectivity index is 2.62. The van der Waals surface area contributed by atoms with Gasteiger partial charge in [-0.3, -0.25) is 4.79 Å². The van der Waals surface area contributed by atoms with Crippen LogP contribution in [0, 0.1) is 0 Å². The zero-order chi connectivity index (χ0) is 6.24. The maximum absolute atomic E-state index is 9.52. The fourth-order valence-electron chi connectivity index (χ4n) is 0.359. The quantitative estimate of drug-likeness (QED) is 0.377. The van der Waals surface area contributed by atoms with E-state index in [4.69, 9.17) is 0 Å². The Morgan fingerprint density at radius 1 is 1.50 bits per heavy atom. The number of alkyl halides is 1. The fourth-order valence-corrected chi connectivity index (χ4v) is 0.755. The van der Waals surface area contributed by atoms with Gasteiger partial charge in [0.25, 0.3) is 0 Å². The first-order valence-corrected chi connectivity index (χ1v) is 3.70.